The second-order valence-electron chi connectivity index (χ2n) is 6.48. The highest BCUT2D eigenvalue weighted by molar-refractivity contribution is 7.92. The Morgan fingerprint density at radius 3 is 2.38 bits per heavy atom. The van der Waals surface area contributed by atoms with E-state index in [0.29, 0.717) is 0 Å². The van der Waals surface area contributed by atoms with Crippen LogP contribution < -0.4 is 0 Å². The van der Waals surface area contributed by atoms with E-state index in [-0.39, 0.29) is 18.1 Å². The molecule has 2 unspecified atom stereocenters. The predicted octanol–water partition coefficient (Wildman–Crippen LogP) is 2.45. The van der Waals surface area contributed by atoms with E-state index in [2.05, 4.69) is 10.3 Å². The Morgan fingerprint density at radius 2 is 1.75 bits per heavy atom. The summed E-state index contributed by atoms with van der Waals surface area (Å²) in [6.45, 7) is 0. The van der Waals surface area contributed by atoms with Crippen molar-refractivity contribution in [1.29, 1.82) is 0 Å². The van der Waals surface area contributed by atoms with Gasteiger partial charge in [0, 0.05) is 23.7 Å². The Labute approximate surface area is 141 Å². The minimum Gasteiger partial charge on any atom is -0.249 e. The van der Waals surface area contributed by atoms with Gasteiger partial charge in [0.15, 0.2) is 0 Å². The Kier molecular flexibility index (Phi) is 3.97. The molecule has 24 heavy (non-hydrogen) atoms. The fraction of sp³-hybridized carbons (Fsp3) is 0.412. The molecule has 0 aliphatic carbocycles. The number of hydrogen-bond acceptors (Lipinski definition) is 4. The monoisotopic (exact) mass is 344 g/mol. The smallest absolute Gasteiger partial charge is 0.236 e. The van der Waals surface area contributed by atoms with Crippen molar-refractivity contribution in [3.63, 3.8) is 0 Å². The van der Waals surface area contributed by atoms with Crippen LogP contribution in [0, 0.1) is 0 Å². The zero-order valence-electron chi connectivity index (χ0n) is 13.3. The summed E-state index contributed by atoms with van der Waals surface area (Å²) in [7, 11) is -3.40. The van der Waals surface area contributed by atoms with E-state index in [1.54, 1.807) is 16.6 Å². The Balaban J connectivity index is 1.53. The van der Waals surface area contributed by atoms with Crippen molar-refractivity contribution in [2.24, 2.45) is 0 Å². The third-order valence-corrected chi connectivity index (χ3v) is 6.65. The van der Waals surface area contributed by atoms with Gasteiger partial charge in [-0.1, -0.05) is 35.5 Å². The summed E-state index contributed by atoms with van der Waals surface area (Å²) in [5, 5.41) is 9.30. The number of rotatable bonds is 4. The van der Waals surface area contributed by atoms with Crippen LogP contribution in [0.15, 0.2) is 48.1 Å². The highest BCUT2D eigenvalue weighted by atomic mass is 32.2. The van der Waals surface area contributed by atoms with E-state index in [1.165, 1.54) is 5.41 Å². The van der Waals surface area contributed by atoms with Crippen molar-refractivity contribution in [2.45, 2.75) is 43.8 Å². The van der Waals surface area contributed by atoms with Crippen LogP contribution in [0.3, 0.4) is 0 Å². The molecule has 2 atom stereocenters. The van der Waals surface area contributed by atoms with Crippen molar-refractivity contribution >= 4 is 16.1 Å². The van der Waals surface area contributed by atoms with Gasteiger partial charge in [0.05, 0.1) is 12.2 Å². The number of benzene rings is 1. The van der Waals surface area contributed by atoms with Crippen LogP contribution >= 0.6 is 0 Å². The van der Waals surface area contributed by atoms with Crippen LogP contribution in [0.2, 0.25) is 0 Å². The van der Waals surface area contributed by atoms with Crippen molar-refractivity contribution < 1.29 is 8.42 Å². The molecule has 7 heteroatoms. The van der Waals surface area contributed by atoms with E-state index >= 15 is 0 Å². The quantitative estimate of drug-likeness (QED) is 0.854. The minimum atomic E-state index is -3.40. The van der Waals surface area contributed by atoms with Gasteiger partial charge in [-0.05, 0) is 37.3 Å². The van der Waals surface area contributed by atoms with Gasteiger partial charge < -0.3 is 0 Å². The fourth-order valence-electron chi connectivity index (χ4n) is 3.95. The molecule has 3 heterocycles. The Morgan fingerprint density at radius 1 is 1.04 bits per heavy atom. The van der Waals surface area contributed by atoms with Gasteiger partial charge in [-0.2, -0.15) is 4.31 Å². The lowest BCUT2D eigenvalue weighted by atomic mass is 10.00. The molecule has 1 aromatic carbocycles. The van der Waals surface area contributed by atoms with Gasteiger partial charge in [-0.15, -0.1) is 5.10 Å². The molecule has 1 aromatic heterocycles. The first kappa shape index (κ1) is 15.5. The predicted molar refractivity (Wildman–Crippen MR) is 91.3 cm³/mol. The molecule has 0 spiro atoms. The highest BCUT2D eigenvalue weighted by Gasteiger charge is 2.46. The van der Waals surface area contributed by atoms with Crippen molar-refractivity contribution in [2.75, 3.05) is 0 Å². The summed E-state index contributed by atoms with van der Waals surface area (Å²) < 4.78 is 29.2. The maximum atomic E-state index is 12.8. The number of hydrogen-bond donors (Lipinski definition) is 0. The lowest BCUT2D eigenvalue weighted by Gasteiger charge is -2.37. The molecule has 2 bridgehead atoms. The third-order valence-electron chi connectivity index (χ3n) is 4.98. The van der Waals surface area contributed by atoms with Crippen LogP contribution in [0.25, 0.3) is 6.08 Å². The second kappa shape index (κ2) is 6.14. The molecule has 0 amide bonds. The van der Waals surface area contributed by atoms with E-state index in [4.69, 9.17) is 0 Å². The Bertz CT molecular complexity index is 804. The number of piperidine rings is 1. The van der Waals surface area contributed by atoms with Gasteiger partial charge in [-0.3, -0.25) is 0 Å². The third kappa shape index (κ3) is 2.89. The summed E-state index contributed by atoms with van der Waals surface area (Å²) in [5.74, 6) is 0. The van der Waals surface area contributed by atoms with Crippen LogP contribution in [-0.2, 0) is 10.0 Å². The first-order valence-corrected chi connectivity index (χ1v) is 9.76. The highest BCUT2D eigenvalue weighted by Crippen LogP contribution is 2.42. The molecule has 2 aliphatic heterocycles. The molecule has 6 nitrogen and oxygen atoms in total. The summed E-state index contributed by atoms with van der Waals surface area (Å²) in [4.78, 5) is 0. The number of sulfonamides is 1. The average Bonchev–Trinajstić information content (AvgIpc) is 3.21. The van der Waals surface area contributed by atoms with E-state index in [1.807, 2.05) is 41.2 Å². The Hall–Kier alpha value is -1.99. The largest absolute Gasteiger partial charge is 0.249 e. The molecule has 0 saturated carbocycles. The number of fused-ring (bicyclic) bond motifs is 2. The van der Waals surface area contributed by atoms with E-state index in [9.17, 15) is 8.42 Å². The SMILES string of the molecule is O=S(=O)(/C=C/c1ccccc1)N1C2CCC1CC(n1ccnn1)C2. The first-order valence-electron chi connectivity index (χ1n) is 8.26. The normalized spacial score (nSPS) is 27.8. The molecule has 126 valence electrons. The molecule has 0 radical (unpaired) electrons. The number of nitrogens with zero attached hydrogens (tertiary/aromatic N) is 4. The molecule has 2 aromatic rings. The van der Waals surface area contributed by atoms with Crippen LogP contribution in [-0.4, -0.2) is 39.8 Å². The molecule has 2 saturated heterocycles. The van der Waals surface area contributed by atoms with Crippen LogP contribution in [0.4, 0.5) is 0 Å². The van der Waals surface area contributed by atoms with Gasteiger partial charge >= 0.3 is 0 Å². The van der Waals surface area contributed by atoms with Gasteiger partial charge in [0.25, 0.3) is 0 Å². The van der Waals surface area contributed by atoms with Crippen molar-refractivity contribution in [1.82, 2.24) is 19.3 Å². The van der Waals surface area contributed by atoms with Crippen LogP contribution in [0.1, 0.15) is 37.3 Å². The van der Waals surface area contributed by atoms with Crippen molar-refractivity contribution in [3.8, 4) is 0 Å². The second-order valence-corrected chi connectivity index (χ2v) is 8.21. The zero-order chi connectivity index (χ0) is 16.6. The molecule has 0 N–H and O–H groups in total. The maximum absolute atomic E-state index is 12.8. The fourth-order valence-corrected chi connectivity index (χ4v) is 5.63. The zero-order valence-corrected chi connectivity index (χ0v) is 14.1. The molecular formula is C17H20N4O2S. The average molecular weight is 344 g/mol. The summed E-state index contributed by atoms with van der Waals surface area (Å²) in [6.07, 6.45) is 8.68. The lowest BCUT2D eigenvalue weighted by molar-refractivity contribution is 0.185. The first-order chi connectivity index (χ1) is 11.6. The van der Waals surface area contributed by atoms with E-state index in [0.717, 1.165) is 31.2 Å². The topological polar surface area (TPSA) is 68.1 Å². The molecule has 4 rings (SSSR count). The molecule has 2 fully saturated rings. The minimum absolute atomic E-state index is 0.0587. The summed E-state index contributed by atoms with van der Waals surface area (Å²) in [5.41, 5.74) is 0.894. The summed E-state index contributed by atoms with van der Waals surface area (Å²) in [6, 6.07) is 9.89. The number of aromatic nitrogens is 3. The van der Waals surface area contributed by atoms with Gasteiger partial charge in [-0.25, -0.2) is 13.1 Å². The van der Waals surface area contributed by atoms with Crippen molar-refractivity contribution in [3.05, 3.63) is 53.7 Å². The maximum Gasteiger partial charge on any atom is 0.236 e. The lowest BCUT2D eigenvalue weighted by Crippen LogP contribution is -2.46. The molecule has 2 aliphatic rings. The van der Waals surface area contributed by atoms with Gasteiger partial charge in [0.2, 0.25) is 10.0 Å². The summed E-state index contributed by atoms with van der Waals surface area (Å²) >= 11 is 0. The van der Waals surface area contributed by atoms with Gasteiger partial charge in [0.1, 0.15) is 0 Å². The standard InChI is InChI=1S/C17H20N4O2S/c22-24(23,11-8-14-4-2-1-3-5-14)21-15-6-7-16(21)13-17(12-15)20-10-9-18-19-20/h1-5,8-11,15-17H,6-7,12-13H2/b11-8+. The van der Waals surface area contributed by atoms with E-state index < -0.39 is 10.0 Å². The molecular weight excluding hydrogens is 324 g/mol. The van der Waals surface area contributed by atoms with Crippen LogP contribution in [0.5, 0.6) is 0 Å².